The van der Waals surface area contributed by atoms with Crippen molar-refractivity contribution in [3.63, 3.8) is 0 Å². The summed E-state index contributed by atoms with van der Waals surface area (Å²) in [7, 11) is -3.80. The van der Waals surface area contributed by atoms with Crippen LogP contribution in [0, 0.1) is 0 Å². The van der Waals surface area contributed by atoms with E-state index in [1.165, 1.54) is 0 Å². The largest absolute Gasteiger partial charge is 0.462 e. The molecule has 0 amide bonds. The SMILES string of the molecule is CCNCCNS(=O)(=O)c1[nH]ncc1C(=O)OCC.Cl. The zero-order valence-electron chi connectivity index (χ0n) is 11.3. The Kier molecular flexibility index (Phi) is 8.39. The maximum absolute atomic E-state index is 12.0. The maximum Gasteiger partial charge on any atom is 0.342 e. The van der Waals surface area contributed by atoms with Crippen molar-refractivity contribution in [2.45, 2.75) is 18.9 Å². The number of H-pyrrole nitrogens is 1. The number of nitrogens with zero attached hydrogens (tertiary/aromatic N) is 1. The number of aromatic nitrogens is 2. The van der Waals surface area contributed by atoms with E-state index in [0.717, 1.165) is 12.7 Å². The predicted molar refractivity (Wildman–Crippen MR) is 75.5 cm³/mol. The molecule has 0 saturated heterocycles. The molecule has 0 aliphatic carbocycles. The van der Waals surface area contributed by atoms with Crippen molar-refractivity contribution in [3.05, 3.63) is 11.8 Å². The Morgan fingerprint density at radius 2 is 2.10 bits per heavy atom. The molecule has 20 heavy (non-hydrogen) atoms. The van der Waals surface area contributed by atoms with Crippen molar-refractivity contribution in [1.82, 2.24) is 20.2 Å². The van der Waals surface area contributed by atoms with Gasteiger partial charge < -0.3 is 10.1 Å². The van der Waals surface area contributed by atoms with Gasteiger partial charge in [0, 0.05) is 13.1 Å². The van der Waals surface area contributed by atoms with Crippen LogP contribution < -0.4 is 10.0 Å². The Bertz CT molecular complexity index is 517. The molecule has 0 aliphatic rings. The van der Waals surface area contributed by atoms with Crippen molar-refractivity contribution in [2.24, 2.45) is 0 Å². The molecule has 1 rings (SSSR count). The van der Waals surface area contributed by atoms with Crippen molar-refractivity contribution >= 4 is 28.4 Å². The summed E-state index contributed by atoms with van der Waals surface area (Å²) in [5, 5.41) is 8.58. The van der Waals surface area contributed by atoms with Crippen molar-refractivity contribution in [1.29, 1.82) is 0 Å². The minimum atomic E-state index is -3.80. The molecule has 3 N–H and O–H groups in total. The first kappa shape index (κ1) is 18.8. The Balaban J connectivity index is 0.00000361. The topological polar surface area (TPSA) is 113 Å². The molecular formula is C10H19ClN4O4S. The van der Waals surface area contributed by atoms with Gasteiger partial charge in [0.2, 0.25) is 0 Å². The third kappa shape index (κ3) is 5.08. The molecule has 0 fully saturated rings. The number of likely N-dealkylation sites (N-methyl/N-ethyl adjacent to an activating group) is 1. The van der Waals surface area contributed by atoms with Gasteiger partial charge >= 0.3 is 5.97 Å². The van der Waals surface area contributed by atoms with Crippen molar-refractivity contribution in [3.8, 4) is 0 Å². The summed E-state index contributed by atoms with van der Waals surface area (Å²) in [6.07, 6.45) is 1.14. The predicted octanol–water partition coefficient (Wildman–Crippen LogP) is -0.104. The summed E-state index contributed by atoms with van der Waals surface area (Å²) in [4.78, 5) is 11.6. The molecule has 0 saturated carbocycles. The van der Waals surface area contributed by atoms with Crippen LogP contribution in [0.5, 0.6) is 0 Å². The Morgan fingerprint density at radius 3 is 2.70 bits per heavy atom. The summed E-state index contributed by atoms with van der Waals surface area (Å²) in [5.74, 6) is -0.719. The third-order valence-corrected chi connectivity index (χ3v) is 3.65. The third-order valence-electron chi connectivity index (χ3n) is 2.21. The molecule has 116 valence electrons. The monoisotopic (exact) mass is 326 g/mol. The molecule has 0 bridgehead atoms. The van der Waals surface area contributed by atoms with E-state index in [1.54, 1.807) is 6.92 Å². The first-order valence-electron chi connectivity index (χ1n) is 5.93. The molecule has 0 radical (unpaired) electrons. The lowest BCUT2D eigenvalue weighted by molar-refractivity contribution is 0.0522. The van der Waals surface area contributed by atoms with E-state index in [-0.39, 0.29) is 36.1 Å². The van der Waals surface area contributed by atoms with Gasteiger partial charge in [0.15, 0.2) is 5.03 Å². The molecule has 0 aliphatic heterocycles. The number of rotatable bonds is 8. The van der Waals surface area contributed by atoms with Gasteiger partial charge in [-0.1, -0.05) is 6.92 Å². The number of halogens is 1. The zero-order valence-corrected chi connectivity index (χ0v) is 12.9. The van der Waals surface area contributed by atoms with Gasteiger partial charge in [0.05, 0.1) is 12.8 Å². The summed E-state index contributed by atoms with van der Waals surface area (Å²) in [6, 6.07) is 0. The van der Waals surface area contributed by atoms with E-state index >= 15 is 0 Å². The quantitative estimate of drug-likeness (QED) is 0.454. The smallest absolute Gasteiger partial charge is 0.342 e. The normalized spacial score (nSPS) is 10.9. The van der Waals surface area contributed by atoms with Gasteiger partial charge in [-0.25, -0.2) is 17.9 Å². The van der Waals surface area contributed by atoms with Crippen LogP contribution in [0.15, 0.2) is 11.2 Å². The van der Waals surface area contributed by atoms with Gasteiger partial charge in [0.1, 0.15) is 5.56 Å². The van der Waals surface area contributed by atoms with Gasteiger partial charge in [0.25, 0.3) is 10.0 Å². The molecule has 0 aromatic carbocycles. The minimum Gasteiger partial charge on any atom is -0.462 e. The average Bonchev–Trinajstić information content (AvgIpc) is 2.85. The molecule has 1 aromatic heterocycles. The number of carbonyl (C=O) groups is 1. The van der Waals surface area contributed by atoms with Crippen molar-refractivity contribution < 1.29 is 17.9 Å². The fourth-order valence-electron chi connectivity index (χ4n) is 1.36. The second-order valence-electron chi connectivity index (χ2n) is 3.58. The molecule has 10 heteroatoms. The van der Waals surface area contributed by atoms with Crippen molar-refractivity contribution in [2.75, 3.05) is 26.2 Å². The lowest BCUT2D eigenvalue weighted by atomic mass is 10.4. The molecule has 8 nitrogen and oxygen atoms in total. The summed E-state index contributed by atoms with van der Waals surface area (Å²) in [6.45, 7) is 5.19. The summed E-state index contributed by atoms with van der Waals surface area (Å²) >= 11 is 0. The maximum atomic E-state index is 12.0. The number of carbonyl (C=O) groups excluding carboxylic acids is 1. The fourth-order valence-corrected chi connectivity index (χ4v) is 2.47. The number of hydrogen-bond donors (Lipinski definition) is 3. The van der Waals surface area contributed by atoms with E-state index < -0.39 is 16.0 Å². The highest BCUT2D eigenvalue weighted by Crippen LogP contribution is 2.12. The second kappa shape index (κ2) is 8.90. The number of aromatic amines is 1. The molecule has 1 aromatic rings. The zero-order chi connectivity index (χ0) is 14.3. The lowest BCUT2D eigenvalue weighted by Gasteiger charge is -2.07. The average molecular weight is 327 g/mol. The minimum absolute atomic E-state index is 0. The molecule has 1 heterocycles. The van der Waals surface area contributed by atoms with Crippen LogP contribution in [0.25, 0.3) is 0 Å². The molecule has 0 spiro atoms. The number of ether oxygens (including phenoxy) is 1. The summed E-state index contributed by atoms with van der Waals surface area (Å²) in [5.41, 5.74) is -0.0993. The first-order valence-corrected chi connectivity index (χ1v) is 7.42. The second-order valence-corrected chi connectivity index (χ2v) is 5.29. The molecule has 0 atom stereocenters. The van der Waals surface area contributed by atoms with Crippen LogP contribution in [0.2, 0.25) is 0 Å². The number of esters is 1. The Morgan fingerprint density at radius 1 is 1.40 bits per heavy atom. The van der Waals surface area contributed by atoms with E-state index in [0.29, 0.717) is 6.54 Å². The van der Waals surface area contributed by atoms with Gasteiger partial charge in [-0.05, 0) is 13.5 Å². The van der Waals surface area contributed by atoms with Crippen LogP contribution >= 0.6 is 12.4 Å². The van der Waals surface area contributed by atoms with E-state index in [2.05, 4.69) is 20.2 Å². The van der Waals surface area contributed by atoms with Crippen LogP contribution in [-0.4, -0.2) is 50.8 Å². The first-order chi connectivity index (χ1) is 9.03. The van der Waals surface area contributed by atoms with Crippen LogP contribution in [0.4, 0.5) is 0 Å². The van der Waals surface area contributed by atoms with Gasteiger partial charge in [-0.3, -0.25) is 5.10 Å². The number of hydrogen-bond acceptors (Lipinski definition) is 6. The van der Waals surface area contributed by atoms with E-state index in [4.69, 9.17) is 4.74 Å². The van der Waals surface area contributed by atoms with Crippen LogP contribution in [0.3, 0.4) is 0 Å². The van der Waals surface area contributed by atoms with Crippen LogP contribution in [-0.2, 0) is 14.8 Å². The fraction of sp³-hybridized carbons (Fsp3) is 0.600. The van der Waals surface area contributed by atoms with E-state index in [9.17, 15) is 13.2 Å². The Labute approximate surface area is 124 Å². The number of sulfonamides is 1. The standard InChI is InChI=1S/C10H18N4O4S.ClH/c1-3-11-5-6-13-19(16,17)9-8(7-12-14-9)10(15)18-4-2;/h7,11,13H,3-6H2,1-2H3,(H,12,14);1H. The highest BCUT2D eigenvalue weighted by molar-refractivity contribution is 7.89. The lowest BCUT2D eigenvalue weighted by Crippen LogP contribution is -2.32. The highest BCUT2D eigenvalue weighted by Gasteiger charge is 2.25. The van der Waals surface area contributed by atoms with Gasteiger partial charge in [-0.15, -0.1) is 12.4 Å². The van der Waals surface area contributed by atoms with Gasteiger partial charge in [-0.2, -0.15) is 5.10 Å². The molecular weight excluding hydrogens is 308 g/mol. The van der Waals surface area contributed by atoms with E-state index in [1.807, 2.05) is 6.92 Å². The summed E-state index contributed by atoms with van der Waals surface area (Å²) < 4.78 is 31.1. The Hall–Kier alpha value is -1.16. The highest BCUT2D eigenvalue weighted by atomic mass is 35.5. The molecule has 0 unspecified atom stereocenters. The van der Waals surface area contributed by atoms with Crippen LogP contribution in [0.1, 0.15) is 24.2 Å². The number of nitrogens with one attached hydrogen (secondary N) is 3.